The molecule has 0 unspecified atom stereocenters. The standard InChI is InChI=1S/C24H22ClN3O3S/c1-30-21-10-9-16(14-22(21)31-2)11-12-26-24(29)20-15-18(23-8-5-13-32-23)27-28(20)19-7-4-3-6-17(19)25/h3-10,13-15H,11-12H2,1-2H3,(H,26,29). The Bertz CT molecular complexity index is 1220. The fraction of sp³-hybridized carbons (Fsp3) is 0.167. The average Bonchev–Trinajstić information content (AvgIpc) is 3.49. The molecule has 164 valence electrons. The van der Waals surface area contributed by atoms with E-state index in [0.717, 1.165) is 16.1 Å². The molecule has 0 spiro atoms. The summed E-state index contributed by atoms with van der Waals surface area (Å²) in [6.45, 7) is 0.455. The summed E-state index contributed by atoms with van der Waals surface area (Å²) in [6.07, 6.45) is 0.643. The van der Waals surface area contributed by atoms with Crippen molar-refractivity contribution in [3.63, 3.8) is 0 Å². The van der Waals surface area contributed by atoms with Gasteiger partial charge in [-0.2, -0.15) is 5.10 Å². The minimum atomic E-state index is -0.222. The van der Waals surface area contributed by atoms with E-state index >= 15 is 0 Å². The Kier molecular flexibility index (Phi) is 6.78. The number of halogens is 1. The van der Waals surface area contributed by atoms with Crippen LogP contribution in [0.15, 0.2) is 66.0 Å². The largest absolute Gasteiger partial charge is 0.493 e. The van der Waals surface area contributed by atoms with E-state index in [1.165, 1.54) is 0 Å². The Hall–Kier alpha value is -3.29. The molecule has 2 aromatic carbocycles. The first-order chi connectivity index (χ1) is 15.6. The van der Waals surface area contributed by atoms with Gasteiger partial charge in [0.05, 0.1) is 29.8 Å². The topological polar surface area (TPSA) is 65.4 Å². The molecular weight excluding hydrogens is 446 g/mol. The minimum absolute atomic E-state index is 0.222. The molecule has 32 heavy (non-hydrogen) atoms. The van der Waals surface area contributed by atoms with Gasteiger partial charge in [-0.3, -0.25) is 4.79 Å². The molecule has 4 aromatic rings. The number of ether oxygens (including phenoxy) is 2. The van der Waals surface area contributed by atoms with E-state index in [4.69, 9.17) is 21.1 Å². The second-order valence-corrected chi connectivity index (χ2v) is 8.31. The first-order valence-electron chi connectivity index (χ1n) is 9.98. The average molecular weight is 468 g/mol. The maximum atomic E-state index is 13.1. The molecule has 1 N–H and O–H groups in total. The van der Waals surface area contributed by atoms with E-state index < -0.39 is 0 Å². The zero-order chi connectivity index (χ0) is 22.5. The zero-order valence-electron chi connectivity index (χ0n) is 17.7. The van der Waals surface area contributed by atoms with Gasteiger partial charge in [-0.25, -0.2) is 4.68 Å². The minimum Gasteiger partial charge on any atom is -0.493 e. The molecule has 6 nitrogen and oxygen atoms in total. The molecule has 1 amide bonds. The Morgan fingerprint density at radius 2 is 1.88 bits per heavy atom. The Balaban J connectivity index is 1.55. The molecule has 2 heterocycles. The van der Waals surface area contributed by atoms with Gasteiger partial charge >= 0.3 is 0 Å². The number of thiophene rings is 1. The monoisotopic (exact) mass is 467 g/mol. The first kappa shape index (κ1) is 21.9. The lowest BCUT2D eigenvalue weighted by Gasteiger charge is -2.11. The van der Waals surface area contributed by atoms with E-state index in [1.807, 2.05) is 53.9 Å². The maximum Gasteiger partial charge on any atom is 0.270 e. The molecule has 0 bridgehead atoms. The van der Waals surface area contributed by atoms with Gasteiger partial charge < -0.3 is 14.8 Å². The summed E-state index contributed by atoms with van der Waals surface area (Å²) >= 11 is 7.96. The maximum absolute atomic E-state index is 13.1. The molecule has 2 aromatic heterocycles. The van der Waals surface area contributed by atoms with Crippen LogP contribution < -0.4 is 14.8 Å². The number of hydrogen-bond donors (Lipinski definition) is 1. The van der Waals surface area contributed by atoms with Gasteiger partial charge in [0.25, 0.3) is 5.91 Å². The van der Waals surface area contributed by atoms with Gasteiger partial charge in [-0.05, 0) is 53.8 Å². The van der Waals surface area contributed by atoms with Gasteiger partial charge in [0.15, 0.2) is 11.5 Å². The Labute approximate surface area is 195 Å². The number of amides is 1. The number of carbonyl (C=O) groups is 1. The van der Waals surface area contributed by atoms with E-state index in [0.29, 0.717) is 40.9 Å². The molecular formula is C24H22ClN3O3S. The normalized spacial score (nSPS) is 10.7. The molecule has 0 saturated carbocycles. The molecule has 0 aliphatic carbocycles. The second kappa shape index (κ2) is 9.89. The van der Waals surface area contributed by atoms with Crippen LogP contribution in [0.3, 0.4) is 0 Å². The summed E-state index contributed by atoms with van der Waals surface area (Å²) < 4.78 is 12.2. The fourth-order valence-electron chi connectivity index (χ4n) is 3.34. The van der Waals surface area contributed by atoms with E-state index in [2.05, 4.69) is 10.4 Å². The van der Waals surface area contributed by atoms with Crippen LogP contribution in [-0.4, -0.2) is 36.5 Å². The van der Waals surface area contributed by atoms with E-state index in [1.54, 1.807) is 42.4 Å². The number of methoxy groups -OCH3 is 2. The van der Waals surface area contributed by atoms with Crippen molar-refractivity contribution in [1.29, 1.82) is 0 Å². The predicted molar refractivity (Wildman–Crippen MR) is 127 cm³/mol. The summed E-state index contributed by atoms with van der Waals surface area (Å²) in [5.41, 5.74) is 2.84. The zero-order valence-corrected chi connectivity index (χ0v) is 19.2. The lowest BCUT2D eigenvalue weighted by molar-refractivity contribution is 0.0946. The van der Waals surface area contributed by atoms with Crippen molar-refractivity contribution in [2.45, 2.75) is 6.42 Å². The summed E-state index contributed by atoms with van der Waals surface area (Å²) in [6, 6.07) is 18.8. The van der Waals surface area contributed by atoms with Crippen LogP contribution in [0.25, 0.3) is 16.3 Å². The lowest BCUT2D eigenvalue weighted by atomic mass is 10.1. The van der Waals surface area contributed by atoms with Crippen molar-refractivity contribution in [2.75, 3.05) is 20.8 Å². The highest BCUT2D eigenvalue weighted by Crippen LogP contribution is 2.29. The summed E-state index contributed by atoms with van der Waals surface area (Å²) in [5.74, 6) is 1.11. The number of benzene rings is 2. The van der Waals surface area contributed by atoms with Gasteiger partial charge in [0, 0.05) is 6.54 Å². The number of nitrogens with one attached hydrogen (secondary N) is 1. The van der Waals surface area contributed by atoms with Crippen molar-refractivity contribution in [2.24, 2.45) is 0 Å². The van der Waals surface area contributed by atoms with Gasteiger partial charge in [-0.1, -0.05) is 35.9 Å². The van der Waals surface area contributed by atoms with E-state index in [-0.39, 0.29) is 5.91 Å². The van der Waals surface area contributed by atoms with Crippen LogP contribution in [0.2, 0.25) is 5.02 Å². The van der Waals surface area contributed by atoms with Crippen molar-refractivity contribution in [3.8, 4) is 27.8 Å². The molecule has 0 atom stereocenters. The lowest BCUT2D eigenvalue weighted by Crippen LogP contribution is -2.28. The number of nitrogens with zero attached hydrogens (tertiary/aromatic N) is 2. The Morgan fingerprint density at radius 1 is 1.06 bits per heavy atom. The highest BCUT2D eigenvalue weighted by Gasteiger charge is 2.19. The van der Waals surface area contributed by atoms with Crippen LogP contribution in [-0.2, 0) is 6.42 Å². The SMILES string of the molecule is COc1ccc(CCNC(=O)c2cc(-c3cccs3)nn2-c2ccccc2Cl)cc1OC. The molecule has 0 fully saturated rings. The smallest absolute Gasteiger partial charge is 0.270 e. The highest BCUT2D eigenvalue weighted by atomic mass is 35.5. The fourth-order valence-corrected chi connectivity index (χ4v) is 4.24. The quantitative estimate of drug-likeness (QED) is 0.384. The third-order valence-corrected chi connectivity index (χ3v) is 6.16. The summed E-state index contributed by atoms with van der Waals surface area (Å²) in [5, 5.41) is 10.2. The molecule has 0 radical (unpaired) electrons. The molecule has 0 aliphatic heterocycles. The molecule has 8 heteroatoms. The van der Waals surface area contributed by atoms with E-state index in [9.17, 15) is 4.79 Å². The third-order valence-electron chi connectivity index (χ3n) is 4.94. The van der Waals surface area contributed by atoms with Crippen molar-refractivity contribution in [3.05, 3.63) is 82.3 Å². The Morgan fingerprint density at radius 3 is 2.59 bits per heavy atom. The van der Waals surface area contributed by atoms with Crippen LogP contribution in [0.1, 0.15) is 16.1 Å². The third kappa shape index (κ3) is 4.64. The number of hydrogen-bond acceptors (Lipinski definition) is 5. The summed E-state index contributed by atoms with van der Waals surface area (Å²) in [4.78, 5) is 14.1. The van der Waals surface area contributed by atoms with Crippen LogP contribution in [0, 0.1) is 0 Å². The highest BCUT2D eigenvalue weighted by molar-refractivity contribution is 7.13. The van der Waals surface area contributed by atoms with Gasteiger partial charge in [0.2, 0.25) is 0 Å². The van der Waals surface area contributed by atoms with Crippen LogP contribution in [0.5, 0.6) is 11.5 Å². The predicted octanol–water partition coefficient (Wildman–Crippen LogP) is 5.24. The number of aromatic nitrogens is 2. The van der Waals surface area contributed by atoms with Gasteiger partial charge in [-0.15, -0.1) is 11.3 Å². The van der Waals surface area contributed by atoms with Crippen LogP contribution >= 0.6 is 22.9 Å². The summed E-state index contributed by atoms with van der Waals surface area (Å²) in [7, 11) is 3.20. The molecule has 4 rings (SSSR count). The van der Waals surface area contributed by atoms with Crippen LogP contribution in [0.4, 0.5) is 0 Å². The molecule has 0 saturated heterocycles. The van der Waals surface area contributed by atoms with Crippen molar-refractivity contribution in [1.82, 2.24) is 15.1 Å². The first-order valence-corrected chi connectivity index (χ1v) is 11.2. The van der Waals surface area contributed by atoms with Crippen molar-refractivity contribution < 1.29 is 14.3 Å². The number of rotatable bonds is 8. The number of carbonyl (C=O) groups excluding carboxylic acids is 1. The van der Waals surface area contributed by atoms with Crippen molar-refractivity contribution >= 4 is 28.8 Å². The number of para-hydroxylation sites is 1. The second-order valence-electron chi connectivity index (χ2n) is 6.95. The van der Waals surface area contributed by atoms with Gasteiger partial charge in [0.1, 0.15) is 11.4 Å². The molecule has 0 aliphatic rings.